The molecule has 0 saturated carbocycles. The van der Waals surface area contributed by atoms with Gasteiger partial charge in [-0.1, -0.05) is 0 Å². The van der Waals surface area contributed by atoms with Crippen molar-refractivity contribution in [2.24, 2.45) is 5.73 Å². The second kappa shape index (κ2) is 6.29. The average Bonchev–Trinajstić information content (AvgIpc) is 2.46. The minimum absolute atomic E-state index is 0.0297. The largest absolute Gasteiger partial charge is 0.369 e. The van der Waals surface area contributed by atoms with E-state index in [-0.39, 0.29) is 11.8 Å². The van der Waals surface area contributed by atoms with Gasteiger partial charge < -0.3 is 15.5 Å². The first-order valence-corrected chi connectivity index (χ1v) is 6.48. The van der Waals surface area contributed by atoms with Crippen molar-refractivity contribution in [3.05, 3.63) is 30.1 Å². The highest BCUT2D eigenvalue weighted by Crippen LogP contribution is 2.03. The standard InChI is InChI=1S/C13H18N4O2/c14-12(18)3-5-16-6-8-17(9-7-16)13(19)11-2-1-4-15-10-11/h1-2,4,10H,3,5-9H2,(H2,14,18)/p+1. The lowest BCUT2D eigenvalue weighted by Crippen LogP contribution is -3.15. The van der Waals surface area contributed by atoms with E-state index in [1.807, 2.05) is 4.90 Å². The van der Waals surface area contributed by atoms with E-state index in [2.05, 4.69) is 4.98 Å². The molecule has 0 radical (unpaired) electrons. The smallest absolute Gasteiger partial charge is 0.255 e. The molecule has 0 aromatic carbocycles. The van der Waals surface area contributed by atoms with Gasteiger partial charge >= 0.3 is 0 Å². The Morgan fingerprint density at radius 2 is 2.11 bits per heavy atom. The maximum Gasteiger partial charge on any atom is 0.255 e. The Bertz CT molecular complexity index is 441. The molecule has 0 bridgehead atoms. The van der Waals surface area contributed by atoms with Crippen LogP contribution in [0.5, 0.6) is 0 Å². The topological polar surface area (TPSA) is 80.7 Å². The summed E-state index contributed by atoms with van der Waals surface area (Å²) >= 11 is 0. The van der Waals surface area contributed by atoms with Crippen molar-refractivity contribution in [1.82, 2.24) is 9.88 Å². The molecule has 2 amide bonds. The number of aromatic nitrogens is 1. The number of nitrogens with zero attached hydrogens (tertiary/aromatic N) is 2. The van der Waals surface area contributed by atoms with Crippen molar-refractivity contribution in [2.75, 3.05) is 32.7 Å². The summed E-state index contributed by atoms with van der Waals surface area (Å²) < 4.78 is 0. The molecule has 1 saturated heterocycles. The number of carbonyl (C=O) groups excluding carboxylic acids is 2. The number of hydrogen-bond acceptors (Lipinski definition) is 3. The van der Waals surface area contributed by atoms with Crippen LogP contribution in [0.4, 0.5) is 0 Å². The number of nitrogens with one attached hydrogen (secondary N) is 1. The molecule has 1 aliphatic heterocycles. The Labute approximate surface area is 112 Å². The van der Waals surface area contributed by atoms with E-state index in [0.717, 1.165) is 19.6 Å². The fourth-order valence-corrected chi connectivity index (χ4v) is 2.25. The zero-order valence-electron chi connectivity index (χ0n) is 10.8. The normalized spacial score (nSPS) is 16.3. The molecule has 0 atom stereocenters. The molecule has 1 fully saturated rings. The number of nitrogens with two attached hydrogens (primary N) is 1. The van der Waals surface area contributed by atoms with Gasteiger partial charge in [-0.3, -0.25) is 14.6 Å². The number of amides is 2. The lowest BCUT2D eigenvalue weighted by Gasteiger charge is -2.32. The van der Waals surface area contributed by atoms with Crippen molar-refractivity contribution in [3.8, 4) is 0 Å². The zero-order valence-corrected chi connectivity index (χ0v) is 10.8. The van der Waals surface area contributed by atoms with E-state index in [1.165, 1.54) is 4.90 Å². The van der Waals surface area contributed by atoms with Crippen LogP contribution in [-0.2, 0) is 4.79 Å². The third-order valence-electron chi connectivity index (χ3n) is 3.39. The van der Waals surface area contributed by atoms with Gasteiger partial charge in [0.25, 0.3) is 5.91 Å². The van der Waals surface area contributed by atoms with Gasteiger partial charge in [0.05, 0.1) is 44.7 Å². The van der Waals surface area contributed by atoms with Crippen LogP contribution in [0.3, 0.4) is 0 Å². The van der Waals surface area contributed by atoms with Crippen LogP contribution in [0.25, 0.3) is 0 Å². The van der Waals surface area contributed by atoms with Gasteiger partial charge in [-0.2, -0.15) is 0 Å². The average molecular weight is 263 g/mol. The number of rotatable bonds is 4. The van der Waals surface area contributed by atoms with E-state index in [0.29, 0.717) is 25.1 Å². The first-order valence-electron chi connectivity index (χ1n) is 6.48. The molecule has 1 aromatic rings. The number of primary amides is 1. The predicted molar refractivity (Wildman–Crippen MR) is 69.5 cm³/mol. The Kier molecular flexibility index (Phi) is 4.46. The summed E-state index contributed by atoms with van der Waals surface area (Å²) in [5.41, 5.74) is 5.77. The highest BCUT2D eigenvalue weighted by atomic mass is 16.2. The summed E-state index contributed by atoms with van der Waals surface area (Å²) in [6.45, 7) is 3.90. The number of carbonyl (C=O) groups is 2. The van der Waals surface area contributed by atoms with Crippen molar-refractivity contribution in [2.45, 2.75) is 6.42 Å². The van der Waals surface area contributed by atoms with Crippen LogP contribution in [0.1, 0.15) is 16.8 Å². The first kappa shape index (κ1) is 13.5. The van der Waals surface area contributed by atoms with E-state index in [1.54, 1.807) is 24.5 Å². The first-order chi connectivity index (χ1) is 9.16. The number of piperazine rings is 1. The van der Waals surface area contributed by atoms with Crippen molar-refractivity contribution < 1.29 is 14.5 Å². The zero-order chi connectivity index (χ0) is 13.7. The third kappa shape index (κ3) is 3.75. The molecule has 2 heterocycles. The molecule has 0 spiro atoms. The quantitative estimate of drug-likeness (QED) is 0.679. The lowest BCUT2D eigenvalue weighted by molar-refractivity contribution is -0.903. The van der Waals surface area contributed by atoms with Gasteiger partial charge in [-0.15, -0.1) is 0 Å². The maximum absolute atomic E-state index is 12.2. The molecule has 6 heteroatoms. The van der Waals surface area contributed by atoms with Crippen molar-refractivity contribution in [1.29, 1.82) is 0 Å². The van der Waals surface area contributed by atoms with Gasteiger partial charge in [0.1, 0.15) is 0 Å². The maximum atomic E-state index is 12.2. The lowest BCUT2D eigenvalue weighted by atomic mass is 10.2. The summed E-state index contributed by atoms with van der Waals surface area (Å²) in [6, 6.07) is 3.54. The number of pyridine rings is 1. The monoisotopic (exact) mass is 263 g/mol. The Hall–Kier alpha value is -1.95. The van der Waals surface area contributed by atoms with Crippen molar-refractivity contribution in [3.63, 3.8) is 0 Å². The molecule has 1 aromatic heterocycles. The summed E-state index contributed by atoms with van der Waals surface area (Å²) in [5, 5.41) is 0. The molecule has 2 rings (SSSR count). The molecule has 0 aliphatic carbocycles. The van der Waals surface area contributed by atoms with E-state index >= 15 is 0 Å². The highest BCUT2D eigenvalue weighted by molar-refractivity contribution is 5.93. The summed E-state index contributed by atoms with van der Waals surface area (Å²) in [7, 11) is 0. The summed E-state index contributed by atoms with van der Waals surface area (Å²) in [4.78, 5) is 30.0. The minimum Gasteiger partial charge on any atom is -0.369 e. The van der Waals surface area contributed by atoms with Gasteiger partial charge in [-0.05, 0) is 12.1 Å². The van der Waals surface area contributed by atoms with Crippen LogP contribution in [-0.4, -0.2) is 54.4 Å². The van der Waals surface area contributed by atoms with Gasteiger partial charge in [-0.25, -0.2) is 0 Å². The SMILES string of the molecule is NC(=O)CC[NH+]1CCN(C(=O)c2cccnc2)CC1. The molecule has 3 N–H and O–H groups in total. The van der Waals surface area contributed by atoms with Crippen LogP contribution >= 0.6 is 0 Å². The Morgan fingerprint density at radius 1 is 1.37 bits per heavy atom. The summed E-state index contributed by atoms with van der Waals surface area (Å²) in [6.07, 6.45) is 3.66. The molecule has 0 unspecified atom stereocenters. The predicted octanol–water partition coefficient (Wildman–Crippen LogP) is -1.70. The summed E-state index contributed by atoms with van der Waals surface area (Å²) in [5.74, 6) is -0.233. The molecule has 1 aliphatic rings. The number of hydrogen-bond donors (Lipinski definition) is 2. The van der Waals surface area contributed by atoms with E-state index < -0.39 is 0 Å². The van der Waals surface area contributed by atoms with Crippen LogP contribution < -0.4 is 10.6 Å². The van der Waals surface area contributed by atoms with E-state index in [9.17, 15) is 9.59 Å². The highest BCUT2D eigenvalue weighted by Gasteiger charge is 2.24. The number of quaternary nitrogens is 1. The van der Waals surface area contributed by atoms with Crippen LogP contribution in [0.15, 0.2) is 24.5 Å². The van der Waals surface area contributed by atoms with Gasteiger partial charge in [0.2, 0.25) is 5.91 Å². The van der Waals surface area contributed by atoms with Gasteiger partial charge in [0.15, 0.2) is 0 Å². The Morgan fingerprint density at radius 3 is 2.68 bits per heavy atom. The second-order valence-corrected chi connectivity index (χ2v) is 4.75. The fraction of sp³-hybridized carbons (Fsp3) is 0.462. The van der Waals surface area contributed by atoms with E-state index in [4.69, 9.17) is 5.73 Å². The van der Waals surface area contributed by atoms with Crippen LogP contribution in [0.2, 0.25) is 0 Å². The molecule has 6 nitrogen and oxygen atoms in total. The molecular weight excluding hydrogens is 244 g/mol. The van der Waals surface area contributed by atoms with Crippen molar-refractivity contribution >= 4 is 11.8 Å². The molecule has 19 heavy (non-hydrogen) atoms. The van der Waals surface area contributed by atoms with Crippen LogP contribution in [0, 0.1) is 0 Å². The minimum atomic E-state index is -0.263. The Balaban J connectivity index is 1.83. The molecule has 102 valence electrons. The third-order valence-corrected chi connectivity index (χ3v) is 3.39. The molecular formula is C13H19N4O2+. The second-order valence-electron chi connectivity index (χ2n) is 4.75. The van der Waals surface area contributed by atoms with Gasteiger partial charge in [0, 0.05) is 12.4 Å². The fourth-order valence-electron chi connectivity index (χ4n) is 2.25.